The van der Waals surface area contributed by atoms with Crippen molar-refractivity contribution in [3.63, 3.8) is 0 Å². The fraction of sp³-hybridized carbons (Fsp3) is 0.200. The highest BCUT2D eigenvalue weighted by molar-refractivity contribution is 6.33. The van der Waals surface area contributed by atoms with Gasteiger partial charge < -0.3 is 15.0 Å². The Hall–Kier alpha value is -2.31. The van der Waals surface area contributed by atoms with E-state index in [-0.39, 0.29) is 17.2 Å². The summed E-state index contributed by atoms with van der Waals surface area (Å²) in [6, 6.07) is 7.77. The van der Waals surface area contributed by atoms with Crippen LogP contribution in [0.1, 0.15) is 0 Å². The number of aliphatic hydroxyl groups excluding tert-OH is 1. The molecule has 0 aliphatic carbocycles. The van der Waals surface area contributed by atoms with Crippen LogP contribution in [-0.2, 0) is 13.6 Å². The quantitative estimate of drug-likeness (QED) is 0.773. The molecule has 0 amide bonds. The van der Waals surface area contributed by atoms with Gasteiger partial charge in [-0.3, -0.25) is 4.79 Å². The number of nitrogens with zero attached hydrogens (tertiary/aromatic N) is 3. The first-order valence-corrected chi connectivity index (χ1v) is 7.16. The molecule has 0 saturated carbocycles. The summed E-state index contributed by atoms with van der Waals surface area (Å²) in [5.74, 6) is 0. The molecule has 2 N–H and O–H groups in total. The summed E-state index contributed by atoms with van der Waals surface area (Å²) in [4.78, 5) is 11.8. The lowest BCUT2D eigenvalue weighted by Gasteiger charge is -2.09. The van der Waals surface area contributed by atoms with Gasteiger partial charge in [-0.05, 0) is 24.3 Å². The average Bonchev–Trinajstić information content (AvgIpc) is 2.91. The van der Waals surface area contributed by atoms with Crippen LogP contribution in [0.4, 0.5) is 11.4 Å². The van der Waals surface area contributed by atoms with Crippen LogP contribution in [0.25, 0.3) is 10.9 Å². The van der Waals surface area contributed by atoms with Crippen LogP contribution < -0.4 is 10.9 Å². The second-order valence-corrected chi connectivity index (χ2v) is 5.31. The predicted octanol–water partition coefficient (Wildman–Crippen LogP) is 2.12. The molecule has 22 heavy (non-hydrogen) atoms. The van der Waals surface area contributed by atoms with E-state index in [1.54, 1.807) is 7.05 Å². The van der Waals surface area contributed by atoms with Gasteiger partial charge in [0.2, 0.25) is 0 Å². The Morgan fingerprint density at radius 3 is 2.95 bits per heavy atom. The van der Waals surface area contributed by atoms with Gasteiger partial charge >= 0.3 is 0 Å². The second kappa shape index (κ2) is 5.82. The SMILES string of the molecule is Cn1ncc(Nc2ccc3c(ccn3CCO)c2)c(Cl)c1=O. The maximum absolute atomic E-state index is 11.8. The van der Waals surface area contributed by atoms with Crippen molar-refractivity contribution in [3.05, 3.63) is 52.0 Å². The highest BCUT2D eigenvalue weighted by Crippen LogP contribution is 2.25. The zero-order chi connectivity index (χ0) is 15.7. The van der Waals surface area contributed by atoms with E-state index in [2.05, 4.69) is 10.4 Å². The van der Waals surface area contributed by atoms with Gasteiger partial charge in [0, 0.05) is 36.4 Å². The minimum Gasteiger partial charge on any atom is -0.395 e. The molecule has 0 aliphatic heterocycles. The molecule has 0 aliphatic rings. The van der Waals surface area contributed by atoms with E-state index in [4.69, 9.17) is 16.7 Å². The van der Waals surface area contributed by atoms with Crippen molar-refractivity contribution in [1.29, 1.82) is 0 Å². The van der Waals surface area contributed by atoms with Gasteiger partial charge in [0.15, 0.2) is 0 Å². The Kier molecular flexibility index (Phi) is 3.87. The van der Waals surface area contributed by atoms with Crippen LogP contribution in [0.15, 0.2) is 41.5 Å². The number of hydrogen-bond donors (Lipinski definition) is 2. The van der Waals surface area contributed by atoms with Crippen molar-refractivity contribution in [2.75, 3.05) is 11.9 Å². The van der Waals surface area contributed by atoms with Crippen LogP contribution >= 0.6 is 11.6 Å². The molecule has 0 unspecified atom stereocenters. The van der Waals surface area contributed by atoms with Crippen LogP contribution in [0, 0.1) is 0 Å². The summed E-state index contributed by atoms with van der Waals surface area (Å²) in [5, 5.41) is 17.2. The lowest BCUT2D eigenvalue weighted by Crippen LogP contribution is -2.20. The Labute approximate surface area is 131 Å². The van der Waals surface area contributed by atoms with Crippen molar-refractivity contribution in [2.45, 2.75) is 6.54 Å². The van der Waals surface area contributed by atoms with E-state index in [0.717, 1.165) is 16.6 Å². The standard InChI is InChI=1S/C15H15ClN4O2/c1-19-15(22)14(16)12(9-17-19)18-11-2-3-13-10(8-11)4-5-20(13)6-7-21/h2-5,8-9,18,21H,6-7H2,1H3. The van der Waals surface area contributed by atoms with Crippen molar-refractivity contribution in [3.8, 4) is 0 Å². The summed E-state index contributed by atoms with van der Waals surface area (Å²) in [5.41, 5.74) is 1.97. The molecule has 3 aromatic rings. The summed E-state index contributed by atoms with van der Waals surface area (Å²) in [6.45, 7) is 0.652. The van der Waals surface area contributed by atoms with E-state index in [9.17, 15) is 4.79 Å². The molecule has 2 aromatic heterocycles. The summed E-state index contributed by atoms with van der Waals surface area (Å²) in [6.07, 6.45) is 3.45. The molecule has 7 heteroatoms. The van der Waals surface area contributed by atoms with Crippen molar-refractivity contribution < 1.29 is 5.11 Å². The van der Waals surface area contributed by atoms with Crippen molar-refractivity contribution >= 4 is 33.9 Å². The van der Waals surface area contributed by atoms with Gasteiger partial charge in [-0.15, -0.1) is 0 Å². The number of aryl methyl sites for hydroxylation is 1. The smallest absolute Gasteiger partial charge is 0.287 e. The maximum atomic E-state index is 11.8. The molecule has 0 radical (unpaired) electrons. The van der Waals surface area contributed by atoms with E-state index in [1.807, 2.05) is 35.0 Å². The molecule has 114 valence electrons. The number of fused-ring (bicyclic) bond motifs is 1. The van der Waals surface area contributed by atoms with Crippen LogP contribution in [0.5, 0.6) is 0 Å². The number of benzene rings is 1. The van der Waals surface area contributed by atoms with Gasteiger partial charge in [-0.25, -0.2) is 4.68 Å². The van der Waals surface area contributed by atoms with Gasteiger partial charge in [0.25, 0.3) is 5.56 Å². The third-order valence-corrected chi connectivity index (χ3v) is 3.83. The number of aliphatic hydroxyl groups is 1. The molecule has 0 fully saturated rings. The zero-order valence-electron chi connectivity index (χ0n) is 12.0. The summed E-state index contributed by atoms with van der Waals surface area (Å²) >= 11 is 6.04. The van der Waals surface area contributed by atoms with E-state index in [0.29, 0.717) is 12.2 Å². The molecular formula is C15H15ClN4O2. The molecular weight excluding hydrogens is 304 g/mol. The van der Waals surface area contributed by atoms with Gasteiger partial charge in [0.05, 0.1) is 18.5 Å². The highest BCUT2D eigenvalue weighted by Gasteiger charge is 2.08. The molecule has 0 bridgehead atoms. The number of nitrogens with one attached hydrogen (secondary N) is 1. The number of rotatable bonds is 4. The number of aromatic nitrogens is 3. The summed E-state index contributed by atoms with van der Waals surface area (Å²) in [7, 11) is 1.55. The first kappa shape index (κ1) is 14.6. The van der Waals surface area contributed by atoms with E-state index in [1.165, 1.54) is 10.9 Å². The van der Waals surface area contributed by atoms with Crippen LogP contribution in [0.2, 0.25) is 5.02 Å². The largest absolute Gasteiger partial charge is 0.395 e. The topological polar surface area (TPSA) is 72.1 Å². The van der Waals surface area contributed by atoms with Gasteiger partial charge in [-0.1, -0.05) is 11.6 Å². The monoisotopic (exact) mass is 318 g/mol. The van der Waals surface area contributed by atoms with Crippen LogP contribution in [-0.4, -0.2) is 26.1 Å². The average molecular weight is 319 g/mol. The van der Waals surface area contributed by atoms with E-state index >= 15 is 0 Å². The lowest BCUT2D eigenvalue weighted by molar-refractivity contribution is 0.278. The maximum Gasteiger partial charge on any atom is 0.287 e. The number of anilines is 2. The second-order valence-electron chi connectivity index (χ2n) is 4.93. The molecule has 0 atom stereocenters. The molecule has 2 heterocycles. The van der Waals surface area contributed by atoms with E-state index < -0.39 is 0 Å². The van der Waals surface area contributed by atoms with Gasteiger partial charge in [-0.2, -0.15) is 5.10 Å². The van der Waals surface area contributed by atoms with Crippen molar-refractivity contribution in [1.82, 2.24) is 14.3 Å². The minimum absolute atomic E-state index is 0.0956. The minimum atomic E-state index is -0.346. The highest BCUT2D eigenvalue weighted by atomic mass is 35.5. The zero-order valence-corrected chi connectivity index (χ0v) is 12.7. The first-order chi connectivity index (χ1) is 10.6. The lowest BCUT2D eigenvalue weighted by atomic mass is 10.2. The normalized spacial score (nSPS) is 11.0. The summed E-state index contributed by atoms with van der Waals surface area (Å²) < 4.78 is 3.16. The molecule has 0 spiro atoms. The third kappa shape index (κ3) is 2.58. The third-order valence-electron chi connectivity index (χ3n) is 3.47. The predicted molar refractivity (Wildman–Crippen MR) is 86.8 cm³/mol. The Morgan fingerprint density at radius 2 is 2.18 bits per heavy atom. The Bertz CT molecular complexity index is 885. The van der Waals surface area contributed by atoms with Crippen molar-refractivity contribution in [2.24, 2.45) is 7.05 Å². The fourth-order valence-electron chi connectivity index (χ4n) is 2.33. The fourth-order valence-corrected chi connectivity index (χ4v) is 2.55. The van der Waals surface area contributed by atoms with Crippen LogP contribution in [0.3, 0.4) is 0 Å². The molecule has 0 saturated heterocycles. The first-order valence-electron chi connectivity index (χ1n) is 6.79. The molecule has 1 aromatic carbocycles. The molecule has 6 nitrogen and oxygen atoms in total. The number of hydrogen-bond acceptors (Lipinski definition) is 4. The Balaban J connectivity index is 1.95. The van der Waals surface area contributed by atoms with Gasteiger partial charge in [0.1, 0.15) is 5.02 Å². The molecule has 3 rings (SSSR count). The Morgan fingerprint density at radius 1 is 1.36 bits per heavy atom. The number of halogens is 1.